The molecule has 144 valence electrons. The van der Waals surface area contributed by atoms with Crippen molar-refractivity contribution in [1.29, 1.82) is 0 Å². The van der Waals surface area contributed by atoms with E-state index >= 15 is 0 Å². The summed E-state index contributed by atoms with van der Waals surface area (Å²) in [6.07, 6.45) is 2.90. The van der Waals surface area contributed by atoms with Gasteiger partial charge in [-0.15, -0.1) is 0 Å². The van der Waals surface area contributed by atoms with Gasteiger partial charge in [0.25, 0.3) is 5.91 Å². The summed E-state index contributed by atoms with van der Waals surface area (Å²) in [6.45, 7) is 8.45. The molecule has 0 spiro atoms. The number of aromatic nitrogens is 1. The lowest BCUT2D eigenvalue weighted by atomic mass is 9.91. The van der Waals surface area contributed by atoms with Crippen LogP contribution in [0.4, 0.5) is 0 Å². The Labute approximate surface area is 174 Å². The maximum absolute atomic E-state index is 12.3. The van der Waals surface area contributed by atoms with Crippen LogP contribution in [-0.2, 0) is 13.1 Å². The minimum Gasteiger partial charge on any atom is -0.348 e. The molecule has 2 atom stereocenters. The molecule has 0 aliphatic carbocycles. The summed E-state index contributed by atoms with van der Waals surface area (Å²) in [6, 6.07) is 10.1. The summed E-state index contributed by atoms with van der Waals surface area (Å²) in [5, 5.41) is 3.11. The minimum absolute atomic E-state index is 0.205. The second-order valence-corrected chi connectivity index (χ2v) is 8.90. The van der Waals surface area contributed by atoms with E-state index in [9.17, 15) is 4.79 Å². The van der Waals surface area contributed by atoms with Gasteiger partial charge >= 0.3 is 0 Å². The van der Waals surface area contributed by atoms with Crippen LogP contribution in [0.5, 0.6) is 0 Å². The van der Waals surface area contributed by atoms with Gasteiger partial charge in [0.2, 0.25) is 0 Å². The van der Waals surface area contributed by atoms with Crippen LogP contribution in [0.3, 0.4) is 0 Å². The van der Waals surface area contributed by atoms with Gasteiger partial charge in [-0.1, -0.05) is 49.7 Å². The van der Waals surface area contributed by atoms with Crippen molar-refractivity contribution < 1.29 is 4.79 Å². The number of pyridine rings is 1. The van der Waals surface area contributed by atoms with E-state index in [0.717, 1.165) is 28.4 Å². The first-order valence-electron chi connectivity index (χ1n) is 9.30. The van der Waals surface area contributed by atoms with Gasteiger partial charge in [-0.3, -0.25) is 9.69 Å². The first-order valence-corrected chi connectivity index (χ1v) is 10.5. The number of carbonyl (C=O) groups excluding carboxylic acids is 1. The zero-order valence-electron chi connectivity index (χ0n) is 15.7. The van der Waals surface area contributed by atoms with Crippen LogP contribution >= 0.6 is 27.5 Å². The van der Waals surface area contributed by atoms with Crippen molar-refractivity contribution in [2.75, 3.05) is 13.1 Å². The van der Waals surface area contributed by atoms with Gasteiger partial charge in [-0.25, -0.2) is 4.98 Å². The van der Waals surface area contributed by atoms with Crippen molar-refractivity contribution in [2.24, 2.45) is 11.8 Å². The molecule has 27 heavy (non-hydrogen) atoms. The zero-order chi connectivity index (χ0) is 19.4. The summed E-state index contributed by atoms with van der Waals surface area (Å²) in [4.78, 5) is 18.8. The standard InChI is InChI=1S/C21H25BrClN3O/c1-14-7-15(2)12-26(11-14)13-17-5-3-16(4-6-17)9-25-21(27)19-8-18(22)10-24-20(19)23/h3-6,8,10,14-15H,7,9,11-13H2,1-2H3,(H,25,27). The molecule has 1 aliphatic rings. The van der Waals surface area contributed by atoms with Crippen LogP contribution in [0.15, 0.2) is 41.0 Å². The number of rotatable bonds is 5. The lowest BCUT2D eigenvalue weighted by molar-refractivity contribution is 0.0950. The highest BCUT2D eigenvalue weighted by atomic mass is 79.9. The van der Waals surface area contributed by atoms with Crippen molar-refractivity contribution in [1.82, 2.24) is 15.2 Å². The van der Waals surface area contributed by atoms with Crippen LogP contribution in [0, 0.1) is 11.8 Å². The molecule has 3 rings (SSSR count). The Balaban J connectivity index is 1.54. The second-order valence-electron chi connectivity index (χ2n) is 7.63. The van der Waals surface area contributed by atoms with E-state index in [1.54, 1.807) is 12.3 Å². The van der Waals surface area contributed by atoms with Crippen LogP contribution in [0.1, 0.15) is 41.8 Å². The van der Waals surface area contributed by atoms with Gasteiger partial charge < -0.3 is 5.32 Å². The smallest absolute Gasteiger partial charge is 0.254 e. The van der Waals surface area contributed by atoms with Crippen LogP contribution in [0.2, 0.25) is 5.15 Å². The van der Waals surface area contributed by atoms with Gasteiger partial charge in [-0.05, 0) is 51.4 Å². The third kappa shape index (κ3) is 5.77. The molecule has 2 aromatic rings. The second kappa shape index (κ2) is 9.18. The highest BCUT2D eigenvalue weighted by molar-refractivity contribution is 9.10. The molecule has 1 aliphatic heterocycles. The first kappa shape index (κ1) is 20.3. The number of amides is 1. The Hall–Kier alpha value is -1.43. The number of piperidine rings is 1. The zero-order valence-corrected chi connectivity index (χ0v) is 18.1. The predicted molar refractivity (Wildman–Crippen MR) is 113 cm³/mol. The Bertz CT molecular complexity index is 787. The third-order valence-electron chi connectivity index (χ3n) is 4.88. The Morgan fingerprint density at radius 3 is 2.52 bits per heavy atom. The Morgan fingerprint density at radius 2 is 1.85 bits per heavy atom. The lowest BCUT2D eigenvalue weighted by Crippen LogP contribution is -2.38. The molecular formula is C21H25BrClN3O. The van der Waals surface area contributed by atoms with E-state index in [1.165, 1.54) is 25.1 Å². The minimum atomic E-state index is -0.228. The van der Waals surface area contributed by atoms with Gasteiger partial charge in [0.1, 0.15) is 5.15 Å². The molecule has 2 unspecified atom stereocenters. The molecule has 0 bridgehead atoms. The highest BCUT2D eigenvalue weighted by Gasteiger charge is 2.21. The molecule has 1 amide bonds. The first-order chi connectivity index (χ1) is 12.9. The van der Waals surface area contributed by atoms with E-state index in [0.29, 0.717) is 12.1 Å². The van der Waals surface area contributed by atoms with Crippen LogP contribution < -0.4 is 5.32 Å². The maximum Gasteiger partial charge on any atom is 0.254 e. The normalized spacial score (nSPS) is 20.4. The van der Waals surface area contributed by atoms with E-state index in [1.807, 2.05) is 0 Å². The van der Waals surface area contributed by atoms with E-state index < -0.39 is 0 Å². The number of likely N-dealkylation sites (tertiary alicyclic amines) is 1. The number of hydrogen-bond donors (Lipinski definition) is 1. The number of nitrogens with one attached hydrogen (secondary N) is 1. The molecule has 1 aromatic carbocycles. The van der Waals surface area contributed by atoms with Crippen LogP contribution in [-0.4, -0.2) is 28.9 Å². The van der Waals surface area contributed by atoms with Crippen molar-refractivity contribution in [3.05, 3.63) is 62.8 Å². The van der Waals surface area contributed by atoms with Gasteiger partial charge in [-0.2, -0.15) is 0 Å². The summed E-state index contributed by atoms with van der Waals surface area (Å²) >= 11 is 9.32. The SMILES string of the molecule is CC1CC(C)CN(Cc2ccc(CNC(=O)c3cc(Br)cnc3Cl)cc2)C1. The largest absolute Gasteiger partial charge is 0.348 e. The maximum atomic E-state index is 12.3. The number of benzene rings is 1. The Kier molecular flexibility index (Phi) is 6.90. The summed E-state index contributed by atoms with van der Waals surface area (Å²) in [5.41, 5.74) is 2.74. The molecule has 4 nitrogen and oxygen atoms in total. The van der Waals surface area contributed by atoms with Crippen LogP contribution in [0.25, 0.3) is 0 Å². The molecule has 1 N–H and O–H groups in total. The molecule has 1 aromatic heterocycles. The molecule has 1 saturated heterocycles. The van der Waals surface area contributed by atoms with E-state index in [4.69, 9.17) is 11.6 Å². The molecule has 1 fully saturated rings. The van der Waals surface area contributed by atoms with Crippen molar-refractivity contribution in [2.45, 2.75) is 33.4 Å². The molecular weight excluding hydrogens is 426 g/mol. The summed E-state index contributed by atoms with van der Waals surface area (Å²) in [5.74, 6) is 1.30. The van der Waals surface area contributed by atoms with Crippen molar-refractivity contribution in [3.63, 3.8) is 0 Å². The fourth-order valence-electron chi connectivity index (χ4n) is 3.80. The quantitative estimate of drug-likeness (QED) is 0.659. The number of carbonyl (C=O) groups is 1. The third-order valence-corrected chi connectivity index (χ3v) is 5.61. The molecule has 0 radical (unpaired) electrons. The topological polar surface area (TPSA) is 45.2 Å². The van der Waals surface area contributed by atoms with Crippen molar-refractivity contribution >= 4 is 33.4 Å². The van der Waals surface area contributed by atoms with E-state index in [2.05, 4.69) is 69.2 Å². The summed E-state index contributed by atoms with van der Waals surface area (Å²) < 4.78 is 0.725. The van der Waals surface area contributed by atoms with E-state index in [-0.39, 0.29) is 11.1 Å². The van der Waals surface area contributed by atoms with Gasteiger partial charge in [0.15, 0.2) is 0 Å². The van der Waals surface area contributed by atoms with Gasteiger partial charge in [0.05, 0.1) is 5.56 Å². The fourth-order valence-corrected chi connectivity index (χ4v) is 4.32. The average molecular weight is 451 g/mol. The number of hydrogen-bond acceptors (Lipinski definition) is 3. The number of nitrogens with zero attached hydrogens (tertiary/aromatic N) is 2. The fraction of sp³-hybridized carbons (Fsp3) is 0.429. The number of halogens is 2. The monoisotopic (exact) mass is 449 g/mol. The molecule has 0 saturated carbocycles. The highest BCUT2D eigenvalue weighted by Crippen LogP contribution is 2.22. The lowest BCUT2D eigenvalue weighted by Gasteiger charge is -2.35. The summed E-state index contributed by atoms with van der Waals surface area (Å²) in [7, 11) is 0. The van der Waals surface area contributed by atoms with Gasteiger partial charge in [0, 0.05) is 36.8 Å². The molecule has 2 heterocycles. The molecule has 6 heteroatoms. The Morgan fingerprint density at radius 1 is 1.22 bits per heavy atom. The van der Waals surface area contributed by atoms with Crippen molar-refractivity contribution in [3.8, 4) is 0 Å². The average Bonchev–Trinajstić information content (AvgIpc) is 2.62. The predicted octanol–water partition coefficient (Wildman–Crippen LogP) is 4.91.